The van der Waals surface area contributed by atoms with Crippen LogP contribution in [0.5, 0.6) is 0 Å². The SMILES string of the molecule is CC(c1ccccc1Cl)N1CCN(C2CNC2)CC1. The van der Waals surface area contributed by atoms with Crippen molar-refractivity contribution in [2.24, 2.45) is 0 Å². The minimum atomic E-state index is 0.412. The van der Waals surface area contributed by atoms with E-state index in [9.17, 15) is 0 Å². The first-order valence-electron chi connectivity index (χ1n) is 7.19. The molecular weight excluding hydrogens is 258 g/mol. The predicted molar refractivity (Wildman–Crippen MR) is 79.7 cm³/mol. The molecular formula is C15H22ClN3. The second-order valence-electron chi connectivity index (χ2n) is 5.58. The van der Waals surface area contributed by atoms with Gasteiger partial charge >= 0.3 is 0 Å². The molecule has 0 saturated carbocycles. The molecule has 3 nitrogen and oxygen atoms in total. The number of rotatable bonds is 3. The van der Waals surface area contributed by atoms with E-state index >= 15 is 0 Å². The van der Waals surface area contributed by atoms with Crippen molar-refractivity contribution in [3.8, 4) is 0 Å². The van der Waals surface area contributed by atoms with Gasteiger partial charge in [0, 0.05) is 56.4 Å². The van der Waals surface area contributed by atoms with E-state index in [2.05, 4.69) is 34.2 Å². The maximum absolute atomic E-state index is 6.30. The normalized spacial score (nSPS) is 24.1. The monoisotopic (exact) mass is 279 g/mol. The van der Waals surface area contributed by atoms with Crippen molar-refractivity contribution < 1.29 is 0 Å². The summed E-state index contributed by atoms with van der Waals surface area (Å²) in [6.07, 6.45) is 0. The van der Waals surface area contributed by atoms with Crippen molar-refractivity contribution in [2.45, 2.75) is 19.0 Å². The van der Waals surface area contributed by atoms with Gasteiger partial charge in [-0.2, -0.15) is 0 Å². The molecule has 0 bridgehead atoms. The second-order valence-corrected chi connectivity index (χ2v) is 5.99. The maximum atomic E-state index is 6.30. The molecule has 3 rings (SSSR count). The Balaban J connectivity index is 1.60. The van der Waals surface area contributed by atoms with Crippen LogP contribution < -0.4 is 5.32 Å². The van der Waals surface area contributed by atoms with Crippen molar-refractivity contribution in [1.29, 1.82) is 0 Å². The number of nitrogens with one attached hydrogen (secondary N) is 1. The number of nitrogens with zero attached hydrogens (tertiary/aromatic N) is 2. The maximum Gasteiger partial charge on any atom is 0.0453 e. The summed E-state index contributed by atoms with van der Waals surface area (Å²) in [5.74, 6) is 0. The van der Waals surface area contributed by atoms with Crippen molar-refractivity contribution in [2.75, 3.05) is 39.3 Å². The van der Waals surface area contributed by atoms with Gasteiger partial charge in [-0.25, -0.2) is 0 Å². The molecule has 1 atom stereocenters. The average molecular weight is 280 g/mol. The molecule has 1 unspecified atom stereocenters. The van der Waals surface area contributed by atoms with Gasteiger partial charge in [-0.05, 0) is 18.6 Å². The molecule has 0 radical (unpaired) electrons. The highest BCUT2D eigenvalue weighted by Gasteiger charge is 2.29. The summed E-state index contributed by atoms with van der Waals surface area (Å²) in [4.78, 5) is 5.16. The average Bonchev–Trinajstić information content (AvgIpc) is 2.37. The van der Waals surface area contributed by atoms with E-state index in [0.29, 0.717) is 6.04 Å². The van der Waals surface area contributed by atoms with Crippen LogP contribution in [-0.2, 0) is 0 Å². The fraction of sp³-hybridized carbons (Fsp3) is 0.600. The highest BCUT2D eigenvalue weighted by molar-refractivity contribution is 6.31. The Morgan fingerprint density at radius 1 is 1.16 bits per heavy atom. The van der Waals surface area contributed by atoms with Gasteiger partial charge in [0.1, 0.15) is 0 Å². The van der Waals surface area contributed by atoms with E-state index in [4.69, 9.17) is 11.6 Å². The summed E-state index contributed by atoms with van der Waals surface area (Å²) in [6.45, 7) is 9.25. The van der Waals surface area contributed by atoms with E-state index in [-0.39, 0.29) is 0 Å². The molecule has 0 amide bonds. The first kappa shape index (κ1) is 13.4. The van der Waals surface area contributed by atoms with Crippen LogP contribution in [-0.4, -0.2) is 55.1 Å². The number of hydrogen-bond donors (Lipinski definition) is 1. The van der Waals surface area contributed by atoms with Gasteiger partial charge in [0.25, 0.3) is 0 Å². The highest BCUT2D eigenvalue weighted by Crippen LogP contribution is 2.28. The molecule has 2 saturated heterocycles. The van der Waals surface area contributed by atoms with Gasteiger partial charge in [0.2, 0.25) is 0 Å². The summed E-state index contributed by atoms with van der Waals surface area (Å²) in [6, 6.07) is 9.40. The first-order chi connectivity index (χ1) is 9.25. The van der Waals surface area contributed by atoms with Crippen LogP contribution in [0.4, 0.5) is 0 Å². The Hall–Kier alpha value is -0.610. The van der Waals surface area contributed by atoms with Crippen LogP contribution in [0.2, 0.25) is 5.02 Å². The van der Waals surface area contributed by atoms with Crippen LogP contribution in [0.3, 0.4) is 0 Å². The summed E-state index contributed by atoms with van der Waals surface area (Å²) in [5.41, 5.74) is 1.25. The molecule has 4 heteroatoms. The molecule has 0 aromatic heterocycles. The van der Waals surface area contributed by atoms with E-state index in [1.165, 1.54) is 31.7 Å². The zero-order valence-electron chi connectivity index (χ0n) is 11.5. The Bertz CT molecular complexity index is 425. The van der Waals surface area contributed by atoms with E-state index in [1.807, 2.05) is 12.1 Å². The van der Waals surface area contributed by atoms with E-state index in [0.717, 1.165) is 24.2 Å². The number of halogens is 1. The van der Waals surface area contributed by atoms with Gasteiger partial charge in [-0.3, -0.25) is 9.80 Å². The summed E-state index contributed by atoms with van der Waals surface area (Å²) >= 11 is 6.30. The molecule has 0 aliphatic carbocycles. The fourth-order valence-electron chi connectivity index (χ4n) is 3.03. The minimum Gasteiger partial charge on any atom is -0.314 e. The van der Waals surface area contributed by atoms with Crippen molar-refractivity contribution in [3.05, 3.63) is 34.9 Å². The van der Waals surface area contributed by atoms with E-state index in [1.54, 1.807) is 0 Å². The lowest BCUT2D eigenvalue weighted by Gasteiger charge is -2.44. The smallest absolute Gasteiger partial charge is 0.0453 e. The lowest BCUT2D eigenvalue weighted by Crippen LogP contribution is -2.61. The third-order valence-corrected chi connectivity index (χ3v) is 4.87. The lowest BCUT2D eigenvalue weighted by molar-refractivity contribution is 0.0552. The van der Waals surface area contributed by atoms with Crippen LogP contribution in [0.15, 0.2) is 24.3 Å². The van der Waals surface area contributed by atoms with Gasteiger partial charge in [0.15, 0.2) is 0 Å². The first-order valence-corrected chi connectivity index (χ1v) is 7.57. The summed E-state index contributed by atoms with van der Waals surface area (Å²) in [7, 11) is 0. The number of hydrogen-bond acceptors (Lipinski definition) is 3. The topological polar surface area (TPSA) is 18.5 Å². The fourth-order valence-corrected chi connectivity index (χ4v) is 3.33. The zero-order valence-corrected chi connectivity index (χ0v) is 12.2. The lowest BCUT2D eigenvalue weighted by atomic mass is 10.0. The Labute approximate surface area is 120 Å². The molecule has 2 aliphatic rings. The Morgan fingerprint density at radius 3 is 2.42 bits per heavy atom. The quantitative estimate of drug-likeness (QED) is 0.913. The summed E-state index contributed by atoms with van der Waals surface area (Å²) in [5, 5.41) is 4.24. The van der Waals surface area contributed by atoms with Crippen molar-refractivity contribution >= 4 is 11.6 Å². The second kappa shape index (κ2) is 5.80. The molecule has 2 heterocycles. The van der Waals surface area contributed by atoms with Crippen molar-refractivity contribution in [3.63, 3.8) is 0 Å². The molecule has 2 fully saturated rings. The van der Waals surface area contributed by atoms with Crippen molar-refractivity contribution in [1.82, 2.24) is 15.1 Å². The summed E-state index contributed by atoms with van der Waals surface area (Å²) < 4.78 is 0. The van der Waals surface area contributed by atoms with Gasteiger partial charge in [-0.1, -0.05) is 29.8 Å². The van der Waals surface area contributed by atoms with Crippen LogP contribution in [0, 0.1) is 0 Å². The van der Waals surface area contributed by atoms with Crippen LogP contribution in [0.1, 0.15) is 18.5 Å². The number of benzene rings is 1. The highest BCUT2D eigenvalue weighted by atomic mass is 35.5. The Morgan fingerprint density at radius 2 is 1.84 bits per heavy atom. The Kier molecular flexibility index (Phi) is 4.08. The largest absolute Gasteiger partial charge is 0.314 e. The minimum absolute atomic E-state index is 0.412. The molecule has 1 aromatic carbocycles. The standard InChI is InChI=1S/C15H22ClN3/c1-12(14-4-2-3-5-15(14)16)18-6-8-19(9-7-18)13-10-17-11-13/h2-5,12-13,17H,6-11H2,1H3. The number of piperazine rings is 1. The zero-order chi connectivity index (χ0) is 13.2. The molecule has 19 heavy (non-hydrogen) atoms. The third kappa shape index (κ3) is 2.79. The third-order valence-electron chi connectivity index (χ3n) is 4.53. The van der Waals surface area contributed by atoms with Crippen LogP contribution in [0.25, 0.3) is 0 Å². The molecule has 104 valence electrons. The predicted octanol–water partition coefficient (Wildman–Crippen LogP) is 1.99. The molecule has 1 N–H and O–H groups in total. The van der Waals surface area contributed by atoms with Gasteiger partial charge in [-0.15, -0.1) is 0 Å². The van der Waals surface area contributed by atoms with Gasteiger partial charge < -0.3 is 5.32 Å². The molecule has 0 spiro atoms. The molecule has 1 aromatic rings. The van der Waals surface area contributed by atoms with E-state index < -0.39 is 0 Å². The van der Waals surface area contributed by atoms with Gasteiger partial charge in [0.05, 0.1) is 0 Å². The molecule has 2 aliphatic heterocycles. The van der Waals surface area contributed by atoms with Crippen LogP contribution >= 0.6 is 11.6 Å².